The molecule has 2 rings (SSSR count). The maximum atomic E-state index is 3.51. The van der Waals surface area contributed by atoms with Crippen molar-refractivity contribution in [3.63, 3.8) is 0 Å². The van der Waals surface area contributed by atoms with Crippen LogP contribution < -0.4 is 5.32 Å². The number of piperidine rings is 1. The van der Waals surface area contributed by atoms with E-state index in [9.17, 15) is 0 Å². The number of hydrogen-bond acceptors (Lipinski definition) is 2. The lowest BCUT2D eigenvalue weighted by Gasteiger charge is -2.41. The second-order valence-corrected chi connectivity index (χ2v) is 4.84. The van der Waals surface area contributed by atoms with Crippen molar-refractivity contribution in [1.82, 2.24) is 10.2 Å². The molecule has 2 fully saturated rings. The summed E-state index contributed by atoms with van der Waals surface area (Å²) in [5.41, 5.74) is 0. The molecule has 1 aliphatic carbocycles. The van der Waals surface area contributed by atoms with E-state index in [0.29, 0.717) is 0 Å². The zero-order valence-electron chi connectivity index (χ0n) is 9.47. The van der Waals surface area contributed by atoms with Gasteiger partial charge in [0.2, 0.25) is 0 Å². The van der Waals surface area contributed by atoms with Crippen LogP contribution in [0.4, 0.5) is 0 Å². The molecule has 2 aliphatic rings. The molecule has 0 aromatic carbocycles. The van der Waals surface area contributed by atoms with E-state index < -0.39 is 0 Å². The lowest BCUT2D eigenvalue weighted by Crippen LogP contribution is -2.52. The molecule has 14 heavy (non-hydrogen) atoms. The van der Waals surface area contributed by atoms with E-state index in [4.69, 9.17) is 0 Å². The Kier molecular flexibility index (Phi) is 3.82. The zero-order chi connectivity index (χ0) is 9.80. The summed E-state index contributed by atoms with van der Waals surface area (Å²) >= 11 is 0. The second-order valence-electron chi connectivity index (χ2n) is 4.84. The minimum absolute atomic E-state index is 0.766. The molecule has 82 valence electrons. The summed E-state index contributed by atoms with van der Waals surface area (Å²) in [6.07, 6.45) is 9.98. The Morgan fingerprint density at radius 3 is 2.36 bits per heavy atom. The summed E-state index contributed by atoms with van der Waals surface area (Å²) in [6, 6.07) is 1.61. The van der Waals surface area contributed by atoms with Crippen LogP contribution in [0, 0.1) is 0 Å². The van der Waals surface area contributed by atoms with E-state index in [2.05, 4.69) is 17.3 Å². The molecule has 1 aliphatic heterocycles. The molecule has 0 aromatic rings. The first kappa shape index (κ1) is 10.4. The van der Waals surface area contributed by atoms with Crippen molar-refractivity contribution in [2.45, 2.75) is 57.0 Å². The second kappa shape index (κ2) is 5.13. The van der Waals surface area contributed by atoms with Gasteiger partial charge in [-0.05, 0) is 45.8 Å². The molecule has 1 heterocycles. The van der Waals surface area contributed by atoms with Gasteiger partial charge in [-0.3, -0.25) is 4.90 Å². The molecule has 1 N–H and O–H groups in total. The van der Waals surface area contributed by atoms with Crippen LogP contribution in [0.2, 0.25) is 0 Å². The van der Waals surface area contributed by atoms with Gasteiger partial charge < -0.3 is 5.32 Å². The van der Waals surface area contributed by atoms with E-state index in [1.54, 1.807) is 0 Å². The number of likely N-dealkylation sites (tertiary alicyclic amines) is 1. The predicted octanol–water partition coefficient (Wildman–Crippen LogP) is 2.00. The van der Waals surface area contributed by atoms with Crippen LogP contribution in [0.5, 0.6) is 0 Å². The fraction of sp³-hybridized carbons (Fsp3) is 1.00. The molecule has 0 bridgehead atoms. The van der Waals surface area contributed by atoms with Crippen LogP contribution in [-0.4, -0.2) is 37.1 Å². The molecule has 2 heteroatoms. The van der Waals surface area contributed by atoms with Gasteiger partial charge in [-0.1, -0.05) is 19.3 Å². The topological polar surface area (TPSA) is 15.3 Å². The summed E-state index contributed by atoms with van der Waals surface area (Å²) < 4.78 is 0. The number of hydrogen-bond donors (Lipinski definition) is 1. The Labute approximate surface area is 88.1 Å². The fourth-order valence-corrected chi connectivity index (χ4v) is 3.14. The van der Waals surface area contributed by atoms with Crippen molar-refractivity contribution in [1.29, 1.82) is 0 Å². The molecule has 0 radical (unpaired) electrons. The van der Waals surface area contributed by atoms with Gasteiger partial charge >= 0.3 is 0 Å². The Morgan fingerprint density at radius 2 is 1.64 bits per heavy atom. The standard InChI is InChI=1S/C12H24N2/c1-13-11-7-3-4-8-12(11)14-9-5-2-6-10-14/h11-13H,2-10H2,1H3/t11-,12-/m0/s1. The summed E-state index contributed by atoms with van der Waals surface area (Å²) in [5, 5.41) is 3.51. The van der Waals surface area contributed by atoms with Crippen molar-refractivity contribution in [2.75, 3.05) is 20.1 Å². The molecule has 1 saturated carbocycles. The fourth-order valence-electron chi connectivity index (χ4n) is 3.14. The van der Waals surface area contributed by atoms with E-state index >= 15 is 0 Å². The maximum absolute atomic E-state index is 3.51. The van der Waals surface area contributed by atoms with Crippen LogP contribution in [-0.2, 0) is 0 Å². The monoisotopic (exact) mass is 196 g/mol. The first-order valence-electron chi connectivity index (χ1n) is 6.33. The Morgan fingerprint density at radius 1 is 0.929 bits per heavy atom. The molecular weight excluding hydrogens is 172 g/mol. The first-order valence-corrected chi connectivity index (χ1v) is 6.33. The number of likely N-dealkylation sites (N-methyl/N-ethyl adjacent to an activating group) is 1. The predicted molar refractivity (Wildman–Crippen MR) is 60.5 cm³/mol. The summed E-state index contributed by atoms with van der Waals surface area (Å²) in [6.45, 7) is 2.70. The minimum atomic E-state index is 0.766. The third kappa shape index (κ3) is 2.29. The van der Waals surface area contributed by atoms with Crippen LogP contribution in [0.15, 0.2) is 0 Å². The largest absolute Gasteiger partial charge is 0.315 e. The average molecular weight is 196 g/mol. The normalized spacial score (nSPS) is 35.8. The third-order valence-corrected chi connectivity index (χ3v) is 3.96. The van der Waals surface area contributed by atoms with Crippen LogP contribution in [0.3, 0.4) is 0 Å². The van der Waals surface area contributed by atoms with Gasteiger partial charge in [0.15, 0.2) is 0 Å². The minimum Gasteiger partial charge on any atom is -0.315 e. The van der Waals surface area contributed by atoms with E-state index in [-0.39, 0.29) is 0 Å². The van der Waals surface area contributed by atoms with Crippen molar-refractivity contribution >= 4 is 0 Å². The smallest absolute Gasteiger partial charge is 0.0249 e. The lowest BCUT2D eigenvalue weighted by atomic mass is 9.88. The Hall–Kier alpha value is -0.0800. The Bertz CT molecular complexity index is 164. The highest BCUT2D eigenvalue weighted by Gasteiger charge is 2.29. The van der Waals surface area contributed by atoms with Crippen molar-refractivity contribution in [3.8, 4) is 0 Å². The summed E-state index contributed by atoms with van der Waals surface area (Å²) in [4.78, 5) is 2.74. The van der Waals surface area contributed by atoms with Gasteiger partial charge in [0.05, 0.1) is 0 Å². The van der Waals surface area contributed by atoms with E-state index in [1.807, 2.05) is 0 Å². The van der Waals surface area contributed by atoms with Crippen molar-refractivity contribution in [2.24, 2.45) is 0 Å². The van der Waals surface area contributed by atoms with Gasteiger partial charge in [0.25, 0.3) is 0 Å². The van der Waals surface area contributed by atoms with Gasteiger partial charge in [-0.15, -0.1) is 0 Å². The van der Waals surface area contributed by atoms with Crippen molar-refractivity contribution < 1.29 is 0 Å². The average Bonchev–Trinajstić information content (AvgIpc) is 2.30. The van der Waals surface area contributed by atoms with E-state index in [1.165, 1.54) is 58.0 Å². The Balaban J connectivity index is 1.91. The maximum Gasteiger partial charge on any atom is 0.0249 e. The highest BCUT2D eigenvalue weighted by atomic mass is 15.2. The highest BCUT2D eigenvalue weighted by molar-refractivity contribution is 4.88. The van der Waals surface area contributed by atoms with Crippen molar-refractivity contribution in [3.05, 3.63) is 0 Å². The number of nitrogens with one attached hydrogen (secondary N) is 1. The van der Waals surface area contributed by atoms with Gasteiger partial charge in [-0.2, -0.15) is 0 Å². The molecule has 0 spiro atoms. The van der Waals surface area contributed by atoms with Gasteiger partial charge in [0.1, 0.15) is 0 Å². The quantitative estimate of drug-likeness (QED) is 0.727. The van der Waals surface area contributed by atoms with Crippen LogP contribution in [0.1, 0.15) is 44.9 Å². The van der Waals surface area contributed by atoms with Gasteiger partial charge in [-0.25, -0.2) is 0 Å². The molecule has 0 unspecified atom stereocenters. The number of nitrogens with zero attached hydrogens (tertiary/aromatic N) is 1. The molecule has 1 saturated heterocycles. The van der Waals surface area contributed by atoms with E-state index in [0.717, 1.165) is 12.1 Å². The molecule has 0 aromatic heterocycles. The summed E-state index contributed by atoms with van der Waals surface area (Å²) in [7, 11) is 2.13. The van der Waals surface area contributed by atoms with Crippen LogP contribution >= 0.6 is 0 Å². The summed E-state index contributed by atoms with van der Waals surface area (Å²) in [5.74, 6) is 0. The zero-order valence-corrected chi connectivity index (χ0v) is 9.47. The SMILES string of the molecule is CN[C@H]1CCCC[C@@H]1N1CCCCC1. The third-order valence-electron chi connectivity index (χ3n) is 3.96. The highest BCUT2D eigenvalue weighted by Crippen LogP contribution is 2.25. The first-order chi connectivity index (χ1) is 6.92. The number of rotatable bonds is 2. The molecule has 0 amide bonds. The molecule has 2 atom stereocenters. The van der Waals surface area contributed by atoms with Gasteiger partial charge in [0, 0.05) is 12.1 Å². The molecular formula is C12H24N2. The lowest BCUT2D eigenvalue weighted by molar-refractivity contribution is 0.104. The molecule has 2 nitrogen and oxygen atoms in total. The van der Waals surface area contributed by atoms with Crippen LogP contribution in [0.25, 0.3) is 0 Å².